The second-order valence-corrected chi connectivity index (χ2v) is 5.23. The van der Waals surface area contributed by atoms with Gasteiger partial charge in [0.15, 0.2) is 0 Å². The lowest BCUT2D eigenvalue weighted by atomic mass is 9.95. The van der Waals surface area contributed by atoms with E-state index in [4.69, 9.17) is 17.3 Å². The molecule has 110 valence electrons. The average Bonchev–Trinajstić information content (AvgIpc) is 2.31. The molecule has 0 bridgehead atoms. The van der Waals surface area contributed by atoms with Crippen molar-refractivity contribution < 1.29 is 13.9 Å². The molecule has 1 aromatic rings. The van der Waals surface area contributed by atoms with Crippen LogP contribution in [0.4, 0.5) is 8.78 Å². The van der Waals surface area contributed by atoms with E-state index in [0.29, 0.717) is 12.3 Å². The van der Waals surface area contributed by atoms with Crippen molar-refractivity contribution in [2.24, 2.45) is 11.7 Å². The van der Waals surface area contributed by atoms with Gasteiger partial charge in [-0.15, -0.1) is 12.4 Å². The zero-order chi connectivity index (χ0) is 13.9. The third-order valence-corrected chi connectivity index (χ3v) is 3.16. The van der Waals surface area contributed by atoms with E-state index in [-0.39, 0.29) is 23.0 Å². The summed E-state index contributed by atoms with van der Waals surface area (Å²) in [6.07, 6.45) is 0.137. The van der Waals surface area contributed by atoms with Gasteiger partial charge in [0.2, 0.25) is 0 Å². The molecule has 0 aromatic heterocycles. The molecule has 19 heavy (non-hydrogen) atoms. The van der Waals surface area contributed by atoms with Crippen LogP contribution in [0.1, 0.15) is 38.3 Å². The molecule has 6 heteroatoms. The molecule has 0 fully saturated rings. The monoisotopic (exact) mass is 313 g/mol. The molecule has 0 heterocycles. The van der Waals surface area contributed by atoms with Gasteiger partial charge in [-0.2, -0.15) is 0 Å². The van der Waals surface area contributed by atoms with Crippen LogP contribution in [0.25, 0.3) is 0 Å². The van der Waals surface area contributed by atoms with Crippen LogP contribution in [0, 0.1) is 17.6 Å². The fourth-order valence-corrected chi connectivity index (χ4v) is 1.89. The molecule has 0 saturated carbocycles. The second kappa shape index (κ2) is 8.00. The Morgan fingerprint density at radius 3 is 2.37 bits per heavy atom. The summed E-state index contributed by atoms with van der Waals surface area (Å²) < 4.78 is 27.3. The minimum absolute atomic E-state index is 0. The Kier molecular flexibility index (Phi) is 7.82. The lowest BCUT2D eigenvalue weighted by Gasteiger charge is -2.21. The number of hydrogen-bond acceptors (Lipinski definition) is 2. The summed E-state index contributed by atoms with van der Waals surface area (Å²) >= 11 is 5.58. The topological polar surface area (TPSA) is 46.2 Å². The lowest BCUT2D eigenvalue weighted by molar-refractivity contribution is 0.125. The van der Waals surface area contributed by atoms with Gasteiger partial charge in [0.05, 0.1) is 17.2 Å². The van der Waals surface area contributed by atoms with Crippen LogP contribution in [0.15, 0.2) is 12.1 Å². The summed E-state index contributed by atoms with van der Waals surface area (Å²) in [6.45, 7) is 4.00. The van der Waals surface area contributed by atoms with Gasteiger partial charge in [-0.25, -0.2) is 8.78 Å². The Morgan fingerprint density at radius 1 is 1.26 bits per heavy atom. The van der Waals surface area contributed by atoms with Gasteiger partial charge in [0, 0.05) is 5.56 Å². The summed E-state index contributed by atoms with van der Waals surface area (Å²) in [5.74, 6) is -1.29. The lowest BCUT2D eigenvalue weighted by Crippen LogP contribution is -2.28. The standard InChI is InChI=1S/C13H18ClF2NO.ClH/c1-7(2)3-6-10(18)13(17)11-9(15)5-4-8(14)12(11)16;/h4-5,7,10,13,18H,3,6,17H2,1-2H3;1H/t10-,13-;/m0./s1. The molecule has 0 unspecified atom stereocenters. The number of rotatable bonds is 5. The number of hydrogen-bond donors (Lipinski definition) is 2. The van der Waals surface area contributed by atoms with Crippen LogP contribution in [0.3, 0.4) is 0 Å². The Labute approximate surface area is 123 Å². The van der Waals surface area contributed by atoms with E-state index in [9.17, 15) is 13.9 Å². The number of halogens is 4. The molecular weight excluding hydrogens is 295 g/mol. The minimum Gasteiger partial charge on any atom is -0.391 e. The van der Waals surface area contributed by atoms with Gasteiger partial charge < -0.3 is 10.8 Å². The van der Waals surface area contributed by atoms with Crippen LogP contribution >= 0.6 is 24.0 Å². The Hall–Kier alpha value is -0.420. The van der Waals surface area contributed by atoms with Gasteiger partial charge >= 0.3 is 0 Å². The van der Waals surface area contributed by atoms with Crippen molar-refractivity contribution in [2.75, 3.05) is 0 Å². The maximum Gasteiger partial charge on any atom is 0.149 e. The molecule has 0 saturated heterocycles. The van der Waals surface area contributed by atoms with Crippen molar-refractivity contribution in [1.29, 1.82) is 0 Å². The maximum absolute atomic E-state index is 13.7. The van der Waals surface area contributed by atoms with Crippen molar-refractivity contribution in [3.63, 3.8) is 0 Å². The fraction of sp³-hybridized carbons (Fsp3) is 0.538. The molecule has 0 radical (unpaired) electrons. The summed E-state index contributed by atoms with van der Waals surface area (Å²) in [7, 11) is 0. The van der Waals surface area contributed by atoms with Gasteiger partial charge in [-0.3, -0.25) is 0 Å². The molecule has 2 nitrogen and oxygen atoms in total. The predicted molar refractivity (Wildman–Crippen MR) is 75.6 cm³/mol. The summed E-state index contributed by atoms with van der Waals surface area (Å²) in [5.41, 5.74) is 5.36. The first-order chi connectivity index (χ1) is 8.34. The fourth-order valence-electron chi connectivity index (χ4n) is 1.72. The molecule has 0 aliphatic rings. The summed E-state index contributed by atoms with van der Waals surface area (Å²) in [5, 5.41) is 9.66. The van der Waals surface area contributed by atoms with Crippen molar-refractivity contribution in [3.05, 3.63) is 34.4 Å². The zero-order valence-electron chi connectivity index (χ0n) is 10.9. The average molecular weight is 314 g/mol. The summed E-state index contributed by atoms with van der Waals surface area (Å²) in [6, 6.07) is 1.07. The Morgan fingerprint density at radius 2 is 1.84 bits per heavy atom. The highest BCUT2D eigenvalue weighted by atomic mass is 35.5. The van der Waals surface area contributed by atoms with E-state index in [1.165, 1.54) is 0 Å². The van der Waals surface area contributed by atoms with Crippen molar-refractivity contribution in [2.45, 2.75) is 38.8 Å². The van der Waals surface area contributed by atoms with E-state index in [1.54, 1.807) is 0 Å². The quantitative estimate of drug-likeness (QED) is 0.811. The van der Waals surface area contributed by atoms with E-state index in [2.05, 4.69) is 0 Å². The first-order valence-electron chi connectivity index (χ1n) is 5.91. The van der Waals surface area contributed by atoms with Gasteiger partial charge in [0.25, 0.3) is 0 Å². The van der Waals surface area contributed by atoms with Gasteiger partial charge in [-0.1, -0.05) is 25.4 Å². The van der Waals surface area contributed by atoms with Crippen LogP contribution in [-0.4, -0.2) is 11.2 Å². The smallest absolute Gasteiger partial charge is 0.149 e. The first-order valence-corrected chi connectivity index (χ1v) is 6.29. The SMILES string of the molecule is CC(C)CC[C@H](O)[C@H](N)c1c(F)ccc(Cl)c1F.Cl. The maximum atomic E-state index is 13.7. The van der Waals surface area contributed by atoms with Crippen LogP contribution in [0.2, 0.25) is 5.02 Å². The molecule has 0 spiro atoms. The number of aliphatic hydroxyl groups excluding tert-OH is 1. The highest BCUT2D eigenvalue weighted by Crippen LogP contribution is 2.28. The van der Waals surface area contributed by atoms with Crippen molar-refractivity contribution >= 4 is 24.0 Å². The van der Waals surface area contributed by atoms with E-state index >= 15 is 0 Å². The van der Waals surface area contributed by atoms with Crippen LogP contribution in [-0.2, 0) is 0 Å². The molecule has 0 amide bonds. The Bertz CT molecular complexity index is 416. The first kappa shape index (κ1) is 18.6. The van der Waals surface area contributed by atoms with E-state index in [1.807, 2.05) is 13.8 Å². The molecule has 2 atom stereocenters. The van der Waals surface area contributed by atoms with Gasteiger partial charge in [0.1, 0.15) is 11.6 Å². The van der Waals surface area contributed by atoms with Crippen LogP contribution < -0.4 is 5.73 Å². The number of nitrogens with two attached hydrogens (primary N) is 1. The minimum atomic E-state index is -1.11. The zero-order valence-corrected chi connectivity index (χ0v) is 12.4. The largest absolute Gasteiger partial charge is 0.391 e. The number of benzene rings is 1. The van der Waals surface area contributed by atoms with E-state index in [0.717, 1.165) is 18.6 Å². The molecule has 3 N–H and O–H groups in total. The summed E-state index contributed by atoms with van der Waals surface area (Å²) in [4.78, 5) is 0. The highest BCUT2D eigenvalue weighted by Gasteiger charge is 2.25. The molecule has 0 aliphatic carbocycles. The van der Waals surface area contributed by atoms with Crippen LogP contribution in [0.5, 0.6) is 0 Å². The molecule has 1 rings (SSSR count). The normalized spacial score (nSPS) is 14.1. The van der Waals surface area contributed by atoms with Crippen molar-refractivity contribution in [1.82, 2.24) is 0 Å². The van der Waals surface area contributed by atoms with Gasteiger partial charge in [-0.05, 0) is 30.9 Å². The van der Waals surface area contributed by atoms with E-state index < -0.39 is 23.8 Å². The molecule has 0 aliphatic heterocycles. The highest BCUT2D eigenvalue weighted by molar-refractivity contribution is 6.30. The third-order valence-electron chi connectivity index (χ3n) is 2.87. The molecular formula is C13H19Cl2F2NO. The van der Waals surface area contributed by atoms with Crippen molar-refractivity contribution in [3.8, 4) is 0 Å². The second-order valence-electron chi connectivity index (χ2n) is 4.82. The number of aliphatic hydroxyl groups is 1. The molecule has 1 aromatic carbocycles. The third kappa shape index (κ3) is 4.88. The predicted octanol–water partition coefficient (Wildman–Crippen LogP) is 3.84. The Balaban J connectivity index is 0.00000324.